The van der Waals surface area contributed by atoms with E-state index in [9.17, 15) is 13.8 Å². The predicted molar refractivity (Wildman–Crippen MR) is 173 cm³/mol. The van der Waals surface area contributed by atoms with Crippen molar-refractivity contribution in [3.05, 3.63) is 124 Å². The highest BCUT2D eigenvalue weighted by atomic mass is 31.2. The summed E-state index contributed by atoms with van der Waals surface area (Å²) < 4.78 is 52.5. The Morgan fingerprint density at radius 1 is 0.911 bits per heavy atom. The highest BCUT2D eigenvalue weighted by Crippen LogP contribution is 2.61. The molecule has 0 saturated carbocycles. The molecule has 0 amide bonds. The molecule has 0 radical (unpaired) electrons. The summed E-state index contributed by atoms with van der Waals surface area (Å²) in [7, 11) is -2.19. The maximum Gasteiger partial charge on any atom is 0.357 e. The van der Waals surface area contributed by atoms with E-state index in [1.165, 1.54) is 35.9 Å². The summed E-state index contributed by atoms with van der Waals surface area (Å²) in [6.07, 6.45) is 0. The number of methoxy groups -OCH3 is 1. The molecule has 234 valence electrons. The number of hydrogen-bond donors (Lipinski definition) is 1. The summed E-state index contributed by atoms with van der Waals surface area (Å²) in [4.78, 5) is 18.3. The van der Waals surface area contributed by atoms with Crippen LogP contribution in [-0.4, -0.2) is 29.9 Å². The molecule has 1 atom stereocenters. The smallest absolute Gasteiger partial charge is 0.357 e. The lowest BCUT2D eigenvalue weighted by molar-refractivity contribution is 0.214. The molecule has 0 aliphatic rings. The summed E-state index contributed by atoms with van der Waals surface area (Å²) in [5.41, 5.74) is 3.08. The lowest BCUT2D eigenvalue weighted by Crippen LogP contribution is -2.25. The van der Waals surface area contributed by atoms with Gasteiger partial charge in [-0.05, 0) is 87.0 Å². The van der Waals surface area contributed by atoms with Crippen LogP contribution >= 0.6 is 7.60 Å². The zero-order chi connectivity index (χ0) is 32.0. The summed E-state index contributed by atoms with van der Waals surface area (Å²) in [6, 6.07) is 25.5. The number of rotatable bonds is 13. The van der Waals surface area contributed by atoms with E-state index in [1.807, 2.05) is 31.2 Å². The molecule has 0 spiro atoms. The van der Waals surface area contributed by atoms with Crippen molar-refractivity contribution in [3.63, 3.8) is 0 Å². The van der Waals surface area contributed by atoms with Gasteiger partial charge in [-0.25, -0.2) is 9.37 Å². The number of fused-ring (bicyclic) bond motifs is 1. The third-order valence-corrected chi connectivity index (χ3v) is 9.38. The minimum atomic E-state index is -3.69. The van der Waals surface area contributed by atoms with Gasteiger partial charge in [-0.1, -0.05) is 35.9 Å². The van der Waals surface area contributed by atoms with Gasteiger partial charge in [-0.2, -0.15) is 0 Å². The van der Waals surface area contributed by atoms with E-state index in [0.717, 1.165) is 11.3 Å². The van der Waals surface area contributed by atoms with Crippen LogP contribution in [0.2, 0.25) is 0 Å². The van der Waals surface area contributed by atoms with Crippen molar-refractivity contribution < 1.29 is 27.5 Å². The molecule has 1 heterocycles. The van der Waals surface area contributed by atoms with Crippen molar-refractivity contribution in [1.82, 2.24) is 9.55 Å². The number of nitrogens with zero attached hydrogens (tertiary/aromatic N) is 2. The number of anilines is 1. The van der Waals surface area contributed by atoms with Gasteiger partial charge in [0.05, 0.1) is 36.9 Å². The van der Waals surface area contributed by atoms with Gasteiger partial charge in [0.25, 0.3) is 5.56 Å². The minimum absolute atomic E-state index is 0.103. The molecule has 45 heavy (non-hydrogen) atoms. The van der Waals surface area contributed by atoms with Gasteiger partial charge in [0.2, 0.25) is 0 Å². The first-order valence-corrected chi connectivity index (χ1v) is 16.2. The Balaban J connectivity index is 1.51. The van der Waals surface area contributed by atoms with Crippen LogP contribution in [0, 0.1) is 12.7 Å². The van der Waals surface area contributed by atoms with Gasteiger partial charge in [-0.3, -0.25) is 13.9 Å². The van der Waals surface area contributed by atoms with Crippen LogP contribution in [0.1, 0.15) is 36.6 Å². The second-order valence-corrected chi connectivity index (χ2v) is 12.3. The second-order valence-electron chi connectivity index (χ2n) is 10.1. The van der Waals surface area contributed by atoms with Crippen molar-refractivity contribution in [2.75, 3.05) is 25.6 Å². The number of hydrogen-bond acceptors (Lipinski definition) is 8. The molecule has 1 aromatic heterocycles. The van der Waals surface area contributed by atoms with Crippen molar-refractivity contribution in [2.45, 2.75) is 33.2 Å². The number of aromatic nitrogens is 2. The quantitative estimate of drug-likeness (QED) is 0.131. The van der Waals surface area contributed by atoms with Crippen molar-refractivity contribution in [2.24, 2.45) is 0 Å². The Hall–Kier alpha value is -4.50. The molecule has 0 saturated heterocycles. The summed E-state index contributed by atoms with van der Waals surface area (Å²) >= 11 is 0. The van der Waals surface area contributed by atoms with Gasteiger partial charge in [-0.15, -0.1) is 0 Å². The van der Waals surface area contributed by atoms with E-state index >= 15 is 0 Å². The Labute approximate surface area is 261 Å². The van der Waals surface area contributed by atoms with Crippen molar-refractivity contribution >= 4 is 24.2 Å². The Bertz CT molecular complexity index is 1870. The maximum atomic E-state index is 14.1. The molecule has 4 aromatic carbocycles. The van der Waals surface area contributed by atoms with Gasteiger partial charge >= 0.3 is 7.60 Å². The summed E-state index contributed by atoms with van der Waals surface area (Å²) in [5.74, 6) is -0.233. The number of aryl methyl sites for hydroxylation is 1. The predicted octanol–water partition coefficient (Wildman–Crippen LogP) is 7.80. The standard InChI is InChI=1S/C34H35FN3O6P/c1-5-43-45(40,44-6-2)33(36-26-16-11-23(3)12-17-26)24-13-20-30(31(21-24)41-4)42-22-32-37-29-10-8-7-9-28(29)34(39)38(32)27-18-14-25(35)15-19-27/h7-21,33,36H,5-6,22H2,1-4H3. The van der Waals surface area contributed by atoms with Crippen LogP contribution in [0.3, 0.4) is 0 Å². The zero-order valence-corrected chi connectivity index (χ0v) is 26.4. The fraction of sp³-hybridized carbons (Fsp3) is 0.235. The molecule has 0 bridgehead atoms. The van der Waals surface area contributed by atoms with E-state index in [1.54, 1.807) is 56.3 Å². The van der Waals surface area contributed by atoms with Crippen molar-refractivity contribution in [1.29, 1.82) is 0 Å². The normalized spacial score (nSPS) is 12.2. The molecule has 5 aromatic rings. The number of para-hydroxylation sites is 1. The first-order valence-electron chi connectivity index (χ1n) is 14.6. The number of nitrogens with one attached hydrogen (secondary N) is 1. The van der Waals surface area contributed by atoms with E-state index < -0.39 is 19.2 Å². The SMILES string of the molecule is CCOP(=O)(OCC)C(Nc1ccc(C)cc1)c1ccc(OCc2nc3ccccc3c(=O)n2-c2ccc(F)cc2)c(OC)c1. The Kier molecular flexibility index (Phi) is 9.98. The first-order chi connectivity index (χ1) is 21.8. The molecule has 0 aliphatic carbocycles. The zero-order valence-electron chi connectivity index (χ0n) is 25.5. The van der Waals surface area contributed by atoms with Crippen LogP contribution in [-0.2, 0) is 20.2 Å². The van der Waals surface area contributed by atoms with Crippen LogP contribution in [0.25, 0.3) is 16.6 Å². The Morgan fingerprint density at radius 3 is 2.27 bits per heavy atom. The largest absolute Gasteiger partial charge is 0.493 e. The highest BCUT2D eigenvalue weighted by Gasteiger charge is 2.37. The molecule has 0 aliphatic heterocycles. The van der Waals surface area contributed by atoms with Gasteiger partial charge in [0.15, 0.2) is 23.1 Å². The number of halogens is 1. The van der Waals surface area contributed by atoms with Crippen LogP contribution in [0.4, 0.5) is 10.1 Å². The fourth-order valence-electron chi connectivity index (χ4n) is 4.95. The van der Waals surface area contributed by atoms with E-state index in [-0.39, 0.29) is 25.4 Å². The molecule has 5 rings (SSSR count). The lowest BCUT2D eigenvalue weighted by atomic mass is 10.1. The molecule has 1 unspecified atom stereocenters. The monoisotopic (exact) mass is 631 g/mol. The van der Waals surface area contributed by atoms with Gasteiger partial charge in [0.1, 0.15) is 12.4 Å². The Morgan fingerprint density at radius 2 is 1.60 bits per heavy atom. The van der Waals surface area contributed by atoms with E-state index in [4.69, 9.17) is 23.5 Å². The third kappa shape index (κ3) is 7.09. The minimum Gasteiger partial charge on any atom is -0.493 e. The van der Waals surface area contributed by atoms with Crippen molar-refractivity contribution in [3.8, 4) is 17.2 Å². The molecule has 11 heteroatoms. The first kappa shape index (κ1) is 31.9. The fourth-order valence-corrected chi connectivity index (χ4v) is 6.87. The molecule has 0 fully saturated rings. The second kappa shape index (κ2) is 14.1. The highest BCUT2D eigenvalue weighted by molar-refractivity contribution is 7.54. The van der Waals surface area contributed by atoms with E-state index in [2.05, 4.69) is 5.32 Å². The molecular formula is C34H35FN3O6P. The molecule has 9 nitrogen and oxygen atoms in total. The number of ether oxygens (including phenoxy) is 2. The lowest BCUT2D eigenvalue weighted by Gasteiger charge is -2.28. The maximum absolute atomic E-state index is 14.1. The van der Waals surface area contributed by atoms with Crippen LogP contribution < -0.4 is 20.3 Å². The number of benzene rings is 4. The summed E-state index contributed by atoms with van der Waals surface area (Å²) in [6.45, 7) is 5.79. The van der Waals surface area contributed by atoms with Gasteiger partial charge in [0, 0.05) is 5.69 Å². The molecular weight excluding hydrogens is 596 g/mol. The summed E-state index contributed by atoms with van der Waals surface area (Å²) in [5, 5.41) is 3.75. The van der Waals surface area contributed by atoms with E-state index in [0.29, 0.717) is 39.5 Å². The molecule has 1 N–H and O–H groups in total. The average Bonchev–Trinajstić information content (AvgIpc) is 3.04. The topological polar surface area (TPSA) is 101 Å². The van der Waals surface area contributed by atoms with Gasteiger partial charge < -0.3 is 23.8 Å². The van der Waals surface area contributed by atoms with Crippen LogP contribution in [0.15, 0.2) is 95.8 Å². The van der Waals surface area contributed by atoms with Crippen LogP contribution in [0.5, 0.6) is 11.5 Å². The third-order valence-electron chi connectivity index (χ3n) is 7.08. The average molecular weight is 632 g/mol.